The molecule has 6 nitrogen and oxygen atoms in total. The quantitative estimate of drug-likeness (QED) is 0.254. The molecular weight excluding hydrogens is 399 g/mol. The maximum atomic E-state index is 11.9. The van der Waals surface area contributed by atoms with Gasteiger partial charge in [-0.15, -0.1) is 0 Å². The number of ketones is 2. The van der Waals surface area contributed by atoms with Gasteiger partial charge in [0.15, 0.2) is 5.78 Å². The Bertz CT molecular complexity index is 658. The minimum atomic E-state index is -3.22. The van der Waals surface area contributed by atoms with Crippen LogP contribution in [0.4, 0.5) is 5.69 Å². The van der Waals surface area contributed by atoms with E-state index < -0.39 is 15.5 Å². The number of para-hydroxylation sites is 1. The molecule has 0 aliphatic heterocycles. The van der Waals surface area contributed by atoms with E-state index >= 15 is 0 Å². The molecule has 0 aliphatic rings. The minimum Gasteiger partial charge on any atom is -0.299 e. The Morgan fingerprint density at radius 2 is 1.58 bits per heavy atom. The first kappa shape index (κ1) is 23.1. The van der Waals surface area contributed by atoms with Crippen LogP contribution < -0.4 is 0 Å². The van der Waals surface area contributed by atoms with Gasteiger partial charge in [0.05, 0.1) is 10.5 Å². The van der Waals surface area contributed by atoms with Crippen LogP contribution in [-0.2, 0) is 9.36 Å². The molecule has 0 saturated carbocycles. The topological polar surface area (TPSA) is 94.3 Å². The summed E-state index contributed by atoms with van der Waals surface area (Å²) in [4.78, 5) is 33.9. The van der Waals surface area contributed by atoms with E-state index in [0.717, 1.165) is 0 Å². The Balaban J connectivity index is 0.000000922. The number of Topliss-reactive ketones (excluding diaryl/α,β-unsaturated/α-hetero) is 2. The highest BCUT2D eigenvalue weighted by Crippen LogP contribution is 2.61. The summed E-state index contributed by atoms with van der Waals surface area (Å²) in [5.74, 6) is -0.399. The molecule has 0 unspecified atom stereocenters. The Labute approximate surface area is 154 Å². The van der Waals surface area contributed by atoms with Gasteiger partial charge in [-0.1, -0.05) is 32.9 Å². The van der Waals surface area contributed by atoms with Gasteiger partial charge < -0.3 is 0 Å². The average Bonchev–Trinajstić information content (AvgIpc) is 2.41. The highest BCUT2D eigenvalue weighted by atomic mass is 36.0. The van der Waals surface area contributed by atoms with Gasteiger partial charge in [0.1, 0.15) is 5.78 Å². The molecule has 0 radical (unpaired) electrons. The van der Waals surface area contributed by atoms with E-state index in [4.69, 9.17) is 0 Å². The van der Waals surface area contributed by atoms with E-state index in [9.17, 15) is 24.3 Å². The van der Waals surface area contributed by atoms with Gasteiger partial charge in [0.25, 0.3) is 5.69 Å². The van der Waals surface area contributed by atoms with Gasteiger partial charge >= 0.3 is 5.20 Å². The summed E-state index contributed by atoms with van der Waals surface area (Å²) in [6.45, 7) is 5.35. The van der Waals surface area contributed by atoms with Crippen LogP contribution in [0.5, 0.6) is 0 Å². The summed E-state index contributed by atoms with van der Waals surface area (Å²) in [6.07, 6.45) is 0.106. The lowest BCUT2D eigenvalue weighted by atomic mass is 9.87. The third kappa shape index (κ3) is 10.0. The summed E-state index contributed by atoms with van der Waals surface area (Å²) in [6, 6.07) is 5.79. The lowest BCUT2D eigenvalue weighted by molar-refractivity contribution is -0.385. The highest BCUT2D eigenvalue weighted by molar-refractivity contribution is 8.24. The number of benzene rings is 1. The van der Waals surface area contributed by atoms with Crippen molar-refractivity contribution in [3.05, 3.63) is 39.9 Å². The van der Waals surface area contributed by atoms with Gasteiger partial charge in [-0.2, -0.15) is 0 Å². The maximum Gasteiger partial charge on any atom is 0.339 e. The van der Waals surface area contributed by atoms with Crippen LogP contribution in [0.1, 0.15) is 44.0 Å². The molecule has 10 heteroatoms. The summed E-state index contributed by atoms with van der Waals surface area (Å²) in [7, 11) is 0. The second-order valence-corrected chi connectivity index (χ2v) is 12.4. The number of halogens is 3. The summed E-state index contributed by atoms with van der Waals surface area (Å²) in [5, 5.41) is 7.59. The van der Waals surface area contributed by atoms with Crippen LogP contribution in [0.25, 0.3) is 0 Å². The Hall–Kier alpha value is -0.940. The van der Waals surface area contributed by atoms with Gasteiger partial charge in [-0.05, 0) is 39.8 Å². The van der Waals surface area contributed by atoms with E-state index in [-0.39, 0.29) is 35.7 Å². The highest BCUT2D eigenvalue weighted by Gasteiger charge is 2.24. The van der Waals surface area contributed by atoms with Crippen LogP contribution >= 0.6 is 38.9 Å². The van der Waals surface area contributed by atoms with Crippen LogP contribution in [0, 0.1) is 15.5 Å². The molecular formula is C14H17Cl3NO5P. The predicted molar refractivity (Wildman–Crippen MR) is 96.3 cm³/mol. The molecule has 0 amide bonds. The normalized spacial score (nSPS) is 11.2. The lowest BCUT2D eigenvalue weighted by Crippen LogP contribution is -2.20. The molecule has 24 heavy (non-hydrogen) atoms. The van der Waals surface area contributed by atoms with Crippen molar-refractivity contribution in [2.75, 3.05) is 0 Å². The van der Waals surface area contributed by atoms with Crippen LogP contribution in [-0.4, -0.2) is 16.5 Å². The minimum absolute atomic E-state index is 0.000949. The molecule has 0 atom stereocenters. The standard InChI is InChI=1S/C14H17NO4.Cl3OP/c1-14(2,3)13(17)9-8-12(16)10-6-4-5-7-11(10)15(18)19;1-5(2,3)4/h4-7H,8-9H2,1-3H3;. The van der Waals surface area contributed by atoms with E-state index in [1.807, 2.05) is 0 Å². The Morgan fingerprint density at radius 3 is 2.00 bits per heavy atom. The van der Waals surface area contributed by atoms with Gasteiger partial charge in [-0.25, -0.2) is 0 Å². The molecule has 0 bridgehead atoms. The Kier molecular flexibility index (Phi) is 9.15. The molecule has 0 fully saturated rings. The molecule has 134 valence electrons. The number of hydrogen-bond donors (Lipinski definition) is 0. The number of nitro benzene ring substituents is 1. The summed E-state index contributed by atoms with van der Waals surface area (Å²) >= 11 is 13.8. The van der Waals surface area contributed by atoms with Crippen molar-refractivity contribution in [2.45, 2.75) is 33.6 Å². The van der Waals surface area contributed by atoms with E-state index in [2.05, 4.69) is 33.7 Å². The second-order valence-electron chi connectivity index (χ2n) is 5.77. The third-order valence-corrected chi connectivity index (χ3v) is 2.82. The van der Waals surface area contributed by atoms with Crippen molar-refractivity contribution in [2.24, 2.45) is 5.41 Å². The number of hydrogen-bond acceptors (Lipinski definition) is 5. The molecule has 0 spiro atoms. The first-order valence-corrected chi connectivity index (χ1v) is 11.1. The molecule has 0 aromatic heterocycles. The first-order valence-electron chi connectivity index (χ1n) is 6.72. The summed E-state index contributed by atoms with van der Waals surface area (Å²) in [5.41, 5.74) is -0.645. The van der Waals surface area contributed by atoms with E-state index in [1.165, 1.54) is 18.2 Å². The van der Waals surface area contributed by atoms with E-state index in [0.29, 0.717) is 0 Å². The zero-order valence-electron chi connectivity index (χ0n) is 13.3. The molecule has 1 aromatic carbocycles. The molecule has 0 heterocycles. The zero-order chi connectivity index (χ0) is 19.1. The van der Waals surface area contributed by atoms with Crippen LogP contribution in [0.15, 0.2) is 24.3 Å². The number of carbonyl (C=O) groups excluding carboxylic acids is 2. The average molecular weight is 417 g/mol. The van der Waals surface area contributed by atoms with Gasteiger partial charge in [0.2, 0.25) is 0 Å². The molecule has 0 aliphatic carbocycles. The first-order chi connectivity index (χ1) is 10.7. The molecule has 1 aromatic rings. The zero-order valence-corrected chi connectivity index (χ0v) is 16.5. The monoisotopic (exact) mass is 415 g/mol. The smallest absolute Gasteiger partial charge is 0.299 e. The fourth-order valence-electron chi connectivity index (χ4n) is 1.61. The number of nitrogens with zero attached hydrogens (tertiary/aromatic N) is 1. The van der Waals surface area contributed by atoms with Crippen LogP contribution in [0.2, 0.25) is 0 Å². The maximum absolute atomic E-state index is 11.9. The van der Waals surface area contributed by atoms with Gasteiger partial charge in [-0.3, -0.25) is 24.3 Å². The van der Waals surface area contributed by atoms with E-state index in [1.54, 1.807) is 26.8 Å². The van der Waals surface area contributed by atoms with Crippen LogP contribution in [0.3, 0.4) is 0 Å². The van der Waals surface area contributed by atoms with Crippen molar-refractivity contribution < 1.29 is 19.1 Å². The van der Waals surface area contributed by atoms with Crippen molar-refractivity contribution in [3.8, 4) is 0 Å². The predicted octanol–water partition coefficient (Wildman–Crippen LogP) is 5.98. The number of carbonyl (C=O) groups is 2. The SMILES string of the molecule is CC(C)(C)C(=O)CCC(=O)c1ccccc1[N+](=O)[O-].O=P(Cl)(Cl)Cl. The lowest BCUT2D eigenvalue weighted by Gasteiger charge is -2.15. The van der Waals surface area contributed by atoms with Crippen molar-refractivity contribution in [1.29, 1.82) is 0 Å². The Morgan fingerprint density at radius 1 is 1.12 bits per heavy atom. The number of rotatable bonds is 5. The summed E-state index contributed by atoms with van der Waals surface area (Å²) < 4.78 is 9.51. The largest absolute Gasteiger partial charge is 0.339 e. The van der Waals surface area contributed by atoms with Crippen molar-refractivity contribution in [3.63, 3.8) is 0 Å². The second kappa shape index (κ2) is 9.52. The van der Waals surface area contributed by atoms with Gasteiger partial charge in [0, 0.05) is 24.3 Å². The number of nitro groups is 1. The molecule has 0 saturated heterocycles. The van der Waals surface area contributed by atoms with Crippen molar-refractivity contribution in [1.82, 2.24) is 0 Å². The fraction of sp³-hybridized carbons (Fsp3) is 0.429. The molecule has 0 N–H and O–H groups in total. The molecule has 1 rings (SSSR count). The van der Waals surface area contributed by atoms with Crippen molar-refractivity contribution >= 4 is 56.2 Å². The fourth-order valence-corrected chi connectivity index (χ4v) is 1.61. The third-order valence-electron chi connectivity index (χ3n) is 2.82.